The molecule has 0 atom stereocenters. The molecule has 22 heavy (non-hydrogen) atoms. The summed E-state index contributed by atoms with van der Waals surface area (Å²) in [4.78, 5) is 20.7. The molecular formula is C17H22N4O. The van der Waals surface area contributed by atoms with Gasteiger partial charge in [0.15, 0.2) is 0 Å². The SMILES string of the molecule is Cc1nc(Nc2c(C)cccc2C)cc(C(=O)NC(C)C)n1. The summed E-state index contributed by atoms with van der Waals surface area (Å²) in [6.07, 6.45) is 0. The topological polar surface area (TPSA) is 66.9 Å². The van der Waals surface area contributed by atoms with E-state index < -0.39 is 0 Å². The Morgan fingerprint density at radius 2 is 1.73 bits per heavy atom. The van der Waals surface area contributed by atoms with Crippen LogP contribution in [0.3, 0.4) is 0 Å². The van der Waals surface area contributed by atoms with Crippen LogP contribution in [0.15, 0.2) is 24.3 Å². The van der Waals surface area contributed by atoms with Crippen molar-refractivity contribution >= 4 is 17.4 Å². The van der Waals surface area contributed by atoms with Gasteiger partial charge in [-0.25, -0.2) is 9.97 Å². The van der Waals surface area contributed by atoms with Gasteiger partial charge in [-0.2, -0.15) is 0 Å². The van der Waals surface area contributed by atoms with Crippen molar-refractivity contribution in [3.05, 3.63) is 46.9 Å². The molecule has 1 heterocycles. The molecule has 5 nitrogen and oxygen atoms in total. The molecule has 2 N–H and O–H groups in total. The Kier molecular flexibility index (Phi) is 4.75. The number of rotatable bonds is 4. The van der Waals surface area contributed by atoms with Gasteiger partial charge in [-0.15, -0.1) is 0 Å². The van der Waals surface area contributed by atoms with E-state index in [2.05, 4.69) is 20.6 Å². The molecule has 0 aliphatic rings. The lowest BCUT2D eigenvalue weighted by Gasteiger charge is -2.13. The third-order valence-corrected chi connectivity index (χ3v) is 3.22. The zero-order chi connectivity index (χ0) is 16.3. The quantitative estimate of drug-likeness (QED) is 0.909. The highest BCUT2D eigenvalue weighted by Crippen LogP contribution is 2.23. The summed E-state index contributed by atoms with van der Waals surface area (Å²) in [5.41, 5.74) is 3.64. The molecule has 0 saturated carbocycles. The molecule has 1 amide bonds. The van der Waals surface area contributed by atoms with Crippen molar-refractivity contribution in [2.24, 2.45) is 0 Å². The van der Waals surface area contributed by atoms with Crippen LogP contribution >= 0.6 is 0 Å². The van der Waals surface area contributed by atoms with E-state index in [0.29, 0.717) is 17.3 Å². The van der Waals surface area contributed by atoms with Gasteiger partial charge in [0.25, 0.3) is 5.91 Å². The monoisotopic (exact) mass is 298 g/mol. The first kappa shape index (κ1) is 15.9. The van der Waals surface area contributed by atoms with Gasteiger partial charge in [0.05, 0.1) is 0 Å². The van der Waals surface area contributed by atoms with Gasteiger partial charge in [-0.3, -0.25) is 4.79 Å². The fourth-order valence-corrected chi connectivity index (χ4v) is 2.22. The third kappa shape index (κ3) is 3.81. The van der Waals surface area contributed by atoms with E-state index in [1.807, 2.05) is 45.9 Å². The van der Waals surface area contributed by atoms with Crippen LogP contribution in [0.1, 0.15) is 41.3 Å². The highest BCUT2D eigenvalue weighted by Gasteiger charge is 2.12. The van der Waals surface area contributed by atoms with Gasteiger partial charge >= 0.3 is 0 Å². The second kappa shape index (κ2) is 6.56. The summed E-state index contributed by atoms with van der Waals surface area (Å²) in [6.45, 7) is 9.69. The van der Waals surface area contributed by atoms with Crippen LogP contribution in [0.2, 0.25) is 0 Å². The number of hydrogen-bond acceptors (Lipinski definition) is 4. The molecule has 5 heteroatoms. The van der Waals surface area contributed by atoms with Crippen molar-refractivity contribution in [1.82, 2.24) is 15.3 Å². The molecule has 2 rings (SSSR count). The molecule has 1 aromatic heterocycles. The summed E-state index contributed by atoms with van der Waals surface area (Å²) in [7, 11) is 0. The first-order valence-corrected chi connectivity index (χ1v) is 7.36. The van der Waals surface area contributed by atoms with Crippen molar-refractivity contribution < 1.29 is 4.79 Å². The maximum absolute atomic E-state index is 12.1. The summed E-state index contributed by atoms with van der Waals surface area (Å²) in [5, 5.41) is 6.14. The van der Waals surface area contributed by atoms with Gasteiger partial charge in [-0.05, 0) is 45.7 Å². The number of hydrogen-bond donors (Lipinski definition) is 2. The molecule has 0 saturated heterocycles. The average molecular weight is 298 g/mol. The molecular weight excluding hydrogens is 276 g/mol. The van der Waals surface area contributed by atoms with Crippen molar-refractivity contribution in [1.29, 1.82) is 0 Å². The second-order valence-electron chi connectivity index (χ2n) is 5.71. The van der Waals surface area contributed by atoms with Gasteiger partial charge in [0.2, 0.25) is 0 Å². The molecule has 0 aliphatic heterocycles. The average Bonchev–Trinajstić information content (AvgIpc) is 2.42. The number of aromatic nitrogens is 2. The fourth-order valence-electron chi connectivity index (χ4n) is 2.22. The van der Waals surface area contributed by atoms with Gasteiger partial charge in [0.1, 0.15) is 17.3 Å². The second-order valence-corrected chi connectivity index (χ2v) is 5.71. The molecule has 0 fully saturated rings. The number of anilines is 2. The molecule has 116 valence electrons. The minimum Gasteiger partial charge on any atom is -0.349 e. The molecule has 2 aromatic rings. The zero-order valence-corrected chi connectivity index (χ0v) is 13.7. The van der Waals surface area contributed by atoms with Crippen molar-refractivity contribution in [2.45, 2.75) is 40.7 Å². The summed E-state index contributed by atoms with van der Waals surface area (Å²) >= 11 is 0. The van der Waals surface area contributed by atoms with Gasteiger partial charge in [0, 0.05) is 17.8 Å². The fraction of sp³-hybridized carbons (Fsp3) is 0.353. The van der Waals surface area contributed by atoms with Crippen molar-refractivity contribution in [2.75, 3.05) is 5.32 Å². The lowest BCUT2D eigenvalue weighted by molar-refractivity contribution is 0.0937. The largest absolute Gasteiger partial charge is 0.349 e. The Bertz CT molecular complexity index is 675. The minimum atomic E-state index is -0.190. The van der Waals surface area contributed by atoms with E-state index in [4.69, 9.17) is 0 Å². The number of carbonyl (C=O) groups excluding carboxylic acids is 1. The van der Waals surface area contributed by atoms with Gasteiger partial charge < -0.3 is 10.6 Å². The maximum atomic E-state index is 12.1. The number of carbonyl (C=O) groups is 1. The lowest BCUT2D eigenvalue weighted by Crippen LogP contribution is -2.31. The van der Waals surface area contributed by atoms with Gasteiger partial charge in [-0.1, -0.05) is 18.2 Å². The number of benzene rings is 1. The summed E-state index contributed by atoms with van der Waals surface area (Å²) in [6, 6.07) is 7.84. The van der Waals surface area contributed by atoms with E-state index >= 15 is 0 Å². The molecule has 0 spiro atoms. The molecule has 1 aromatic carbocycles. The van der Waals surface area contributed by atoms with E-state index in [-0.39, 0.29) is 11.9 Å². The van der Waals surface area contributed by atoms with E-state index in [9.17, 15) is 4.79 Å². The summed E-state index contributed by atoms with van der Waals surface area (Å²) < 4.78 is 0. The number of nitrogens with zero attached hydrogens (tertiary/aromatic N) is 2. The van der Waals surface area contributed by atoms with E-state index in [0.717, 1.165) is 16.8 Å². The Labute approximate surface area is 131 Å². The van der Waals surface area contributed by atoms with Crippen LogP contribution in [-0.2, 0) is 0 Å². The summed E-state index contributed by atoms with van der Waals surface area (Å²) in [5.74, 6) is 0.994. The highest BCUT2D eigenvalue weighted by molar-refractivity contribution is 5.93. The smallest absolute Gasteiger partial charge is 0.270 e. The standard InChI is InChI=1S/C17H22N4O/c1-10(2)18-17(22)14-9-15(20-13(5)19-14)21-16-11(3)7-6-8-12(16)4/h6-10H,1-5H3,(H,18,22)(H,19,20,21). The first-order chi connectivity index (χ1) is 10.4. The van der Waals surface area contributed by atoms with Crippen LogP contribution in [0, 0.1) is 20.8 Å². The minimum absolute atomic E-state index is 0.0674. The first-order valence-electron chi connectivity index (χ1n) is 7.36. The van der Waals surface area contributed by atoms with Crippen LogP contribution in [0.25, 0.3) is 0 Å². The maximum Gasteiger partial charge on any atom is 0.270 e. The zero-order valence-electron chi connectivity index (χ0n) is 13.7. The van der Waals surface area contributed by atoms with Crippen molar-refractivity contribution in [3.8, 4) is 0 Å². The predicted molar refractivity (Wildman–Crippen MR) is 88.6 cm³/mol. The Hall–Kier alpha value is -2.43. The van der Waals surface area contributed by atoms with Crippen LogP contribution < -0.4 is 10.6 Å². The highest BCUT2D eigenvalue weighted by atomic mass is 16.1. The molecule has 0 aliphatic carbocycles. The van der Waals surface area contributed by atoms with E-state index in [1.54, 1.807) is 13.0 Å². The van der Waals surface area contributed by atoms with E-state index in [1.165, 1.54) is 0 Å². The third-order valence-electron chi connectivity index (χ3n) is 3.22. The number of amides is 1. The normalized spacial score (nSPS) is 10.6. The van der Waals surface area contributed by atoms with Crippen LogP contribution in [0.5, 0.6) is 0 Å². The lowest BCUT2D eigenvalue weighted by atomic mass is 10.1. The Morgan fingerprint density at radius 1 is 1.09 bits per heavy atom. The molecule has 0 unspecified atom stereocenters. The van der Waals surface area contributed by atoms with Crippen molar-refractivity contribution in [3.63, 3.8) is 0 Å². The number of aryl methyl sites for hydroxylation is 3. The van der Waals surface area contributed by atoms with Crippen LogP contribution in [-0.4, -0.2) is 21.9 Å². The Morgan fingerprint density at radius 3 is 2.32 bits per heavy atom. The Balaban J connectivity index is 2.32. The number of para-hydroxylation sites is 1. The van der Waals surface area contributed by atoms with Crippen LogP contribution in [0.4, 0.5) is 11.5 Å². The molecule has 0 bridgehead atoms. The molecule has 0 radical (unpaired) electrons. The number of nitrogens with one attached hydrogen (secondary N) is 2. The predicted octanol–water partition coefficient (Wildman–Crippen LogP) is 3.28.